The Hall–Kier alpha value is -1.44. The van der Waals surface area contributed by atoms with Crippen LogP contribution < -0.4 is 10.6 Å². The van der Waals surface area contributed by atoms with E-state index in [1.165, 1.54) is 0 Å². The predicted octanol–water partition coefficient (Wildman–Crippen LogP) is 1.89. The molecule has 2 aliphatic rings. The van der Waals surface area contributed by atoms with Crippen molar-refractivity contribution in [1.29, 1.82) is 0 Å². The number of rotatable bonds is 3. The zero-order chi connectivity index (χ0) is 15.8. The molecule has 24 heavy (non-hydrogen) atoms. The highest BCUT2D eigenvalue weighted by Gasteiger charge is 2.37. The van der Waals surface area contributed by atoms with Gasteiger partial charge in [0, 0.05) is 19.6 Å². The van der Waals surface area contributed by atoms with Crippen molar-refractivity contribution >= 4 is 45.7 Å². The maximum absolute atomic E-state index is 13.0. The number of hydrogen-bond acceptors (Lipinski definition) is 6. The number of hydrogen-bond donors (Lipinski definition) is 1. The van der Waals surface area contributed by atoms with Crippen molar-refractivity contribution < 1.29 is 4.79 Å². The fourth-order valence-corrected chi connectivity index (χ4v) is 4.45. The minimum absolute atomic E-state index is 0. The van der Waals surface area contributed by atoms with Gasteiger partial charge in [0.05, 0.1) is 5.39 Å². The Balaban J connectivity index is 0.00000169. The Morgan fingerprint density at radius 3 is 3.00 bits per heavy atom. The van der Waals surface area contributed by atoms with Crippen LogP contribution >= 0.6 is 23.7 Å². The maximum atomic E-state index is 13.0. The summed E-state index contributed by atoms with van der Waals surface area (Å²) in [5.74, 6) is 1.60. The molecule has 0 saturated carbocycles. The summed E-state index contributed by atoms with van der Waals surface area (Å²) in [4.78, 5) is 26.9. The molecule has 6 nitrogen and oxygen atoms in total. The molecule has 2 unspecified atom stereocenters. The first-order chi connectivity index (χ1) is 11.3. The molecule has 8 heteroatoms. The predicted molar refractivity (Wildman–Crippen MR) is 98.8 cm³/mol. The van der Waals surface area contributed by atoms with Crippen LogP contribution in [0, 0.1) is 5.92 Å². The number of anilines is 1. The lowest BCUT2D eigenvalue weighted by molar-refractivity contribution is -0.131. The van der Waals surface area contributed by atoms with E-state index in [1.54, 1.807) is 17.7 Å². The molecule has 0 spiro atoms. The summed E-state index contributed by atoms with van der Waals surface area (Å²) in [6.45, 7) is 3.19. The summed E-state index contributed by atoms with van der Waals surface area (Å²) >= 11 is 1.61. The molecule has 0 aromatic carbocycles. The average molecular weight is 368 g/mol. The molecule has 2 fully saturated rings. The molecule has 130 valence electrons. The summed E-state index contributed by atoms with van der Waals surface area (Å²) in [6, 6.07) is 1.96. The normalized spacial score (nSPS) is 23.7. The zero-order valence-electron chi connectivity index (χ0n) is 13.4. The van der Waals surface area contributed by atoms with Crippen molar-refractivity contribution in [2.45, 2.75) is 25.3 Å². The Kier molecular flexibility index (Phi) is 5.22. The number of thiophene rings is 1. The molecule has 2 atom stereocenters. The zero-order valence-corrected chi connectivity index (χ0v) is 15.1. The van der Waals surface area contributed by atoms with Crippen molar-refractivity contribution in [1.82, 2.24) is 14.9 Å². The maximum Gasteiger partial charge on any atom is 0.245 e. The molecule has 0 radical (unpaired) electrons. The Bertz CT molecular complexity index is 723. The highest BCUT2D eigenvalue weighted by Crippen LogP contribution is 2.32. The third-order valence-electron chi connectivity index (χ3n) is 4.98. The molecule has 2 aromatic rings. The van der Waals surface area contributed by atoms with Gasteiger partial charge < -0.3 is 15.5 Å². The van der Waals surface area contributed by atoms with Gasteiger partial charge in [-0.05, 0) is 43.2 Å². The van der Waals surface area contributed by atoms with Gasteiger partial charge in [-0.3, -0.25) is 4.79 Å². The lowest BCUT2D eigenvalue weighted by atomic mass is 10.1. The number of aromatic nitrogens is 2. The number of fused-ring (bicyclic) bond motifs is 1. The monoisotopic (exact) mass is 367 g/mol. The lowest BCUT2D eigenvalue weighted by Crippen LogP contribution is -2.45. The third kappa shape index (κ3) is 2.96. The van der Waals surface area contributed by atoms with Gasteiger partial charge in [-0.25, -0.2) is 9.97 Å². The highest BCUT2D eigenvalue weighted by atomic mass is 35.5. The molecular formula is C16H22ClN5OS. The molecular weight excluding hydrogens is 346 g/mol. The molecule has 2 aliphatic heterocycles. The van der Waals surface area contributed by atoms with Crippen LogP contribution in [0.25, 0.3) is 10.2 Å². The second-order valence-corrected chi connectivity index (χ2v) is 7.26. The lowest BCUT2D eigenvalue weighted by Gasteiger charge is -2.29. The fraction of sp³-hybridized carbons (Fsp3) is 0.562. The van der Waals surface area contributed by atoms with Crippen LogP contribution in [0.5, 0.6) is 0 Å². The van der Waals surface area contributed by atoms with Gasteiger partial charge in [-0.1, -0.05) is 0 Å². The van der Waals surface area contributed by atoms with Crippen LogP contribution in [0.1, 0.15) is 19.3 Å². The highest BCUT2D eigenvalue weighted by molar-refractivity contribution is 7.16. The molecule has 2 N–H and O–H groups in total. The molecule has 0 bridgehead atoms. The van der Waals surface area contributed by atoms with E-state index in [0.717, 1.165) is 54.9 Å². The summed E-state index contributed by atoms with van der Waals surface area (Å²) in [5.41, 5.74) is 5.75. The fourth-order valence-electron chi connectivity index (χ4n) is 3.72. The number of likely N-dealkylation sites (tertiary alicyclic amines) is 1. The van der Waals surface area contributed by atoms with E-state index in [4.69, 9.17) is 5.73 Å². The van der Waals surface area contributed by atoms with Gasteiger partial charge in [-0.15, -0.1) is 23.7 Å². The molecule has 2 saturated heterocycles. The second-order valence-electron chi connectivity index (χ2n) is 6.36. The van der Waals surface area contributed by atoms with Gasteiger partial charge in [0.25, 0.3) is 0 Å². The quantitative estimate of drug-likeness (QED) is 0.896. The van der Waals surface area contributed by atoms with Crippen molar-refractivity contribution in [3.8, 4) is 0 Å². The van der Waals surface area contributed by atoms with E-state index < -0.39 is 0 Å². The Morgan fingerprint density at radius 1 is 1.33 bits per heavy atom. The molecule has 4 heterocycles. The van der Waals surface area contributed by atoms with E-state index in [0.29, 0.717) is 12.5 Å². The number of amides is 1. The topological polar surface area (TPSA) is 75.3 Å². The van der Waals surface area contributed by atoms with Crippen molar-refractivity contribution in [3.05, 3.63) is 17.8 Å². The van der Waals surface area contributed by atoms with E-state index in [2.05, 4.69) is 20.9 Å². The Morgan fingerprint density at radius 2 is 2.21 bits per heavy atom. The van der Waals surface area contributed by atoms with E-state index in [-0.39, 0.29) is 24.4 Å². The van der Waals surface area contributed by atoms with Crippen LogP contribution in [0.3, 0.4) is 0 Å². The molecule has 4 rings (SSSR count). The summed E-state index contributed by atoms with van der Waals surface area (Å²) in [7, 11) is 0. The van der Waals surface area contributed by atoms with Crippen LogP contribution in [-0.4, -0.2) is 53.0 Å². The van der Waals surface area contributed by atoms with Crippen molar-refractivity contribution in [2.75, 3.05) is 31.1 Å². The van der Waals surface area contributed by atoms with Gasteiger partial charge in [0.15, 0.2) is 0 Å². The first kappa shape index (κ1) is 17.4. The number of carbonyl (C=O) groups excluding carboxylic acids is 1. The number of halogens is 1. The largest absolute Gasteiger partial charge is 0.344 e. The summed E-state index contributed by atoms with van der Waals surface area (Å²) in [5, 5.41) is 3.08. The number of nitrogens with two attached hydrogens (primary N) is 1. The first-order valence-corrected chi connectivity index (χ1v) is 9.09. The summed E-state index contributed by atoms with van der Waals surface area (Å²) < 4.78 is 0. The molecule has 1 amide bonds. The van der Waals surface area contributed by atoms with Crippen LogP contribution in [0.4, 0.5) is 5.82 Å². The van der Waals surface area contributed by atoms with Gasteiger partial charge in [-0.2, -0.15) is 0 Å². The Labute approximate surface area is 151 Å². The van der Waals surface area contributed by atoms with Crippen LogP contribution in [0.15, 0.2) is 17.8 Å². The van der Waals surface area contributed by atoms with Gasteiger partial charge in [0.1, 0.15) is 23.0 Å². The second kappa shape index (κ2) is 7.21. The van der Waals surface area contributed by atoms with Gasteiger partial charge in [0.2, 0.25) is 5.91 Å². The third-order valence-corrected chi connectivity index (χ3v) is 5.80. The van der Waals surface area contributed by atoms with Crippen LogP contribution in [-0.2, 0) is 4.79 Å². The summed E-state index contributed by atoms with van der Waals surface area (Å²) in [6.07, 6.45) is 4.56. The van der Waals surface area contributed by atoms with Crippen LogP contribution in [0.2, 0.25) is 0 Å². The first-order valence-electron chi connectivity index (χ1n) is 8.21. The number of carbonyl (C=O) groups is 1. The number of nitrogens with zero attached hydrogens (tertiary/aromatic N) is 4. The minimum atomic E-state index is -0.0930. The van der Waals surface area contributed by atoms with E-state index in [1.807, 2.05) is 10.3 Å². The smallest absolute Gasteiger partial charge is 0.245 e. The van der Waals surface area contributed by atoms with E-state index >= 15 is 0 Å². The van der Waals surface area contributed by atoms with Crippen molar-refractivity contribution in [2.24, 2.45) is 11.7 Å². The van der Waals surface area contributed by atoms with Gasteiger partial charge >= 0.3 is 0 Å². The standard InChI is InChI=1S/C16H21N5OS.ClH/c17-8-11-3-6-20(9-11)16(22)13-2-1-5-21(13)14-12-4-7-23-15(12)19-10-18-14;/h4,7,10-11,13H,1-3,5-6,8-9,17H2;1H. The molecule has 2 aromatic heterocycles. The van der Waals surface area contributed by atoms with E-state index in [9.17, 15) is 4.79 Å². The minimum Gasteiger partial charge on any atom is -0.344 e. The molecule has 0 aliphatic carbocycles. The van der Waals surface area contributed by atoms with Crippen molar-refractivity contribution in [3.63, 3.8) is 0 Å². The average Bonchev–Trinajstić information content (AvgIpc) is 3.32. The SMILES string of the molecule is Cl.NCC1CCN(C(=O)C2CCCN2c2ncnc3sccc23)C1.